The van der Waals surface area contributed by atoms with Crippen molar-refractivity contribution in [1.29, 1.82) is 0 Å². The van der Waals surface area contributed by atoms with Gasteiger partial charge in [-0.1, -0.05) is 69.6 Å². The van der Waals surface area contributed by atoms with Gasteiger partial charge in [0.25, 0.3) is 0 Å². The number of hydrogen-bond donors (Lipinski definition) is 1. The van der Waals surface area contributed by atoms with Crippen LogP contribution in [-0.2, 0) is 23.9 Å². The SMILES string of the molecule is O=C(CSc1nnc2c3cc(Br)ccc3n(Cc3ccccc3)c2n1)Nc1ncc(Cc2cc(C(F)(F)F)ccc2Cl)s1. The minimum absolute atomic E-state index is 0.00597. The van der Waals surface area contributed by atoms with E-state index in [1.807, 2.05) is 48.5 Å². The second-order valence-corrected chi connectivity index (χ2v) is 12.8. The Morgan fingerprint density at radius 3 is 2.67 bits per heavy atom. The molecule has 7 nitrogen and oxygen atoms in total. The fourth-order valence-corrected chi connectivity index (χ4v) is 6.49. The molecule has 0 fully saturated rings. The molecular weight excluding hydrogens is 685 g/mol. The lowest BCUT2D eigenvalue weighted by Crippen LogP contribution is -2.14. The van der Waals surface area contributed by atoms with Gasteiger partial charge in [-0.2, -0.15) is 13.2 Å². The number of thiazole rings is 1. The van der Waals surface area contributed by atoms with Gasteiger partial charge in [-0.25, -0.2) is 9.97 Å². The van der Waals surface area contributed by atoms with Crippen molar-refractivity contribution in [2.75, 3.05) is 11.1 Å². The molecule has 0 aliphatic heterocycles. The molecule has 218 valence electrons. The summed E-state index contributed by atoms with van der Waals surface area (Å²) >= 11 is 12.0. The molecule has 14 heteroatoms. The number of nitrogens with one attached hydrogen (secondary N) is 1. The van der Waals surface area contributed by atoms with Gasteiger partial charge in [-0.05, 0) is 47.5 Å². The Bertz CT molecular complexity index is 1970. The van der Waals surface area contributed by atoms with E-state index in [-0.39, 0.29) is 23.1 Å². The van der Waals surface area contributed by atoms with Crippen molar-refractivity contribution in [3.8, 4) is 0 Å². The maximum atomic E-state index is 13.1. The van der Waals surface area contributed by atoms with E-state index in [4.69, 9.17) is 16.6 Å². The van der Waals surface area contributed by atoms with Crippen LogP contribution < -0.4 is 5.32 Å². The Kier molecular flexibility index (Phi) is 8.40. The second-order valence-electron chi connectivity index (χ2n) is 9.45. The van der Waals surface area contributed by atoms with Crippen LogP contribution in [0.15, 0.2) is 82.6 Å². The highest BCUT2D eigenvalue weighted by molar-refractivity contribution is 9.10. The number of nitrogens with zero attached hydrogens (tertiary/aromatic N) is 5. The topological polar surface area (TPSA) is 85.6 Å². The fourth-order valence-electron chi connectivity index (χ4n) is 4.51. The van der Waals surface area contributed by atoms with Gasteiger partial charge in [0, 0.05) is 38.9 Å². The summed E-state index contributed by atoms with van der Waals surface area (Å²) in [4.78, 5) is 22.3. The predicted molar refractivity (Wildman–Crippen MR) is 167 cm³/mol. The summed E-state index contributed by atoms with van der Waals surface area (Å²) in [5.74, 6) is -0.327. The van der Waals surface area contributed by atoms with Crippen LogP contribution in [0.1, 0.15) is 21.6 Å². The average molecular weight is 704 g/mol. The van der Waals surface area contributed by atoms with Gasteiger partial charge in [0.15, 0.2) is 10.8 Å². The lowest BCUT2D eigenvalue weighted by molar-refractivity contribution is -0.137. The van der Waals surface area contributed by atoms with Crippen LogP contribution in [-0.4, -0.2) is 36.4 Å². The maximum Gasteiger partial charge on any atom is 0.416 e. The molecule has 0 atom stereocenters. The molecule has 0 saturated carbocycles. The summed E-state index contributed by atoms with van der Waals surface area (Å²) < 4.78 is 42.3. The van der Waals surface area contributed by atoms with Gasteiger partial charge in [0.05, 0.1) is 16.8 Å². The number of carbonyl (C=O) groups is 1. The molecule has 3 heterocycles. The van der Waals surface area contributed by atoms with Crippen LogP contribution in [0.2, 0.25) is 5.02 Å². The number of halogens is 5. The third-order valence-electron chi connectivity index (χ3n) is 6.46. The van der Waals surface area contributed by atoms with Crippen LogP contribution in [0, 0.1) is 0 Å². The number of aromatic nitrogens is 5. The molecule has 0 aliphatic carbocycles. The quantitative estimate of drug-likeness (QED) is 0.161. The van der Waals surface area contributed by atoms with E-state index in [1.165, 1.54) is 23.6 Å². The Morgan fingerprint density at radius 1 is 1.07 bits per heavy atom. The number of carbonyl (C=O) groups excluding carboxylic acids is 1. The number of rotatable bonds is 8. The molecule has 0 spiro atoms. The van der Waals surface area contributed by atoms with E-state index in [2.05, 4.69) is 41.0 Å². The van der Waals surface area contributed by atoms with E-state index < -0.39 is 11.7 Å². The van der Waals surface area contributed by atoms with Crippen LogP contribution in [0.3, 0.4) is 0 Å². The first-order valence-electron chi connectivity index (χ1n) is 12.7. The van der Waals surface area contributed by atoms with Crippen molar-refractivity contribution in [2.24, 2.45) is 0 Å². The molecular formula is C29H19BrClF3N6OS2. The molecule has 0 saturated heterocycles. The summed E-state index contributed by atoms with van der Waals surface area (Å²) in [6, 6.07) is 19.2. The molecule has 3 aromatic heterocycles. The molecule has 1 amide bonds. The Labute approximate surface area is 264 Å². The fraction of sp³-hybridized carbons (Fsp3) is 0.138. The molecule has 1 N–H and O–H groups in total. The van der Waals surface area contributed by atoms with Crippen LogP contribution in [0.4, 0.5) is 18.3 Å². The summed E-state index contributed by atoms with van der Waals surface area (Å²) in [6.07, 6.45) is -2.81. The van der Waals surface area contributed by atoms with E-state index in [1.54, 1.807) is 0 Å². The largest absolute Gasteiger partial charge is 0.416 e. The Morgan fingerprint density at radius 2 is 1.88 bits per heavy atom. The number of alkyl halides is 3. The molecule has 6 aromatic rings. The van der Waals surface area contributed by atoms with Crippen molar-refractivity contribution < 1.29 is 18.0 Å². The van der Waals surface area contributed by atoms with Gasteiger partial charge >= 0.3 is 6.18 Å². The van der Waals surface area contributed by atoms with E-state index >= 15 is 0 Å². The number of anilines is 1. The zero-order chi connectivity index (χ0) is 30.1. The standard InChI is InChI=1S/C29H19BrClF3N6OS2/c30-19-7-9-23-21(12-19)25-26(40(23)14-16-4-2-1-3-5-16)37-28(39-38-25)42-15-24(41)36-27-35-13-20(43-27)11-17-10-18(29(32,33)34)6-8-22(17)31/h1-10,12-13H,11,14-15H2,(H,35,36,41). The molecule has 3 aromatic carbocycles. The third kappa shape index (κ3) is 6.69. The highest BCUT2D eigenvalue weighted by atomic mass is 79.9. The predicted octanol–water partition coefficient (Wildman–Crippen LogP) is 8.24. The average Bonchev–Trinajstić information content (AvgIpc) is 3.54. The molecule has 0 radical (unpaired) electrons. The number of fused-ring (bicyclic) bond motifs is 3. The van der Waals surface area contributed by atoms with Gasteiger partial charge in [-0.3, -0.25) is 4.79 Å². The van der Waals surface area contributed by atoms with E-state index in [0.717, 1.165) is 44.8 Å². The summed E-state index contributed by atoms with van der Waals surface area (Å²) in [5.41, 5.74) is 2.95. The van der Waals surface area contributed by atoms with Crippen molar-refractivity contribution in [2.45, 2.75) is 24.3 Å². The van der Waals surface area contributed by atoms with Crippen LogP contribution in [0.25, 0.3) is 22.1 Å². The highest BCUT2D eigenvalue weighted by Crippen LogP contribution is 2.34. The highest BCUT2D eigenvalue weighted by Gasteiger charge is 2.31. The van der Waals surface area contributed by atoms with Crippen molar-refractivity contribution in [3.63, 3.8) is 0 Å². The van der Waals surface area contributed by atoms with Crippen molar-refractivity contribution >= 4 is 83.7 Å². The van der Waals surface area contributed by atoms with Crippen LogP contribution >= 0.6 is 50.6 Å². The zero-order valence-corrected chi connectivity index (χ0v) is 25.9. The first kappa shape index (κ1) is 29.5. The number of hydrogen-bond acceptors (Lipinski definition) is 7. The van der Waals surface area contributed by atoms with Gasteiger partial charge < -0.3 is 9.88 Å². The number of benzene rings is 3. The monoisotopic (exact) mass is 702 g/mol. The number of amides is 1. The van der Waals surface area contributed by atoms with Gasteiger partial charge in [-0.15, -0.1) is 21.5 Å². The maximum absolute atomic E-state index is 13.1. The second kappa shape index (κ2) is 12.2. The van der Waals surface area contributed by atoms with Crippen LogP contribution in [0.5, 0.6) is 0 Å². The smallest absolute Gasteiger partial charge is 0.319 e. The minimum Gasteiger partial charge on any atom is -0.319 e. The summed E-state index contributed by atoms with van der Waals surface area (Å²) in [5, 5.41) is 13.2. The molecule has 0 unspecified atom stereocenters. The zero-order valence-electron chi connectivity index (χ0n) is 21.9. The van der Waals surface area contributed by atoms with Gasteiger partial charge in [0.2, 0.25) is 11.1 Å². The van der Waals surface area contributed by atoms with Crippen molar-refractivity contribution in [1.82, 2.24) is 24.7 Å². The van der Waals surface area contributed by atoms with E-state index in [9.17, 15) is 18.0 Å². The van der Waals surface area contributed by atoms with E-state index in [0.29, 0.717) is 38.4 Å². The third-order valence-corrected chi connectivity index (χ3v) is 9.07. The van der Waals surface area contributed by atoms with Gasteiger partial charge in [0.1, 0.15) is 5.52 Å². The lowest BCUT2D eigenvalue weighted by atomic mass is 10.1. The van der Waals surface area contributed by atoms with Crippen molar-refractivity contribution in [3.05, 3.63) is 104 Å². The summed E-state index contributed by atoms with van der Waals surface area (Å²) in [6.45, 7) is 0.587. The normalized spacial score (nSPS) is 11.8. The Hall–Kier alpha value is -3.52. The number of thioether (sulfide) groups is 1. The lowest BCUT2D eigenvalue weighted by Gasteiger charge is -2.09. The molecule has 0 aliphatic rings. The summed E-state index contributed by atoms with van der Waals surface area (Å²) in [7, 11) is 0. The Balaban J connectivity index is 1.15. The first-order chi connectivity index (χ1) is 20.6. The molecule has 6 rings (SSSR count). The minimum atomic E-state index is -4.47. The first-order valence-corrected chi connectivity index (χ1v) is 15.7. The molecule has 0 bridgehead atoms. The molecule has 43 heavy (non-hydrogen) atoms.